The third kappa shape index (κ3) is 4.93. The fraction of sp³-hybridized carbons (Fsp3) is 0.167. The molecule has 0 aliphatic rings. The molecule has 2 heterocycles. The highest BCUT2D eigenvalue weighted by Crippen LogP contribution is 2.29. The lowest BCUT2D eigenvalue weighted by atomic mass is 10.1. The number of aromatic nitrogens is 3. The third-order valence-electron chi connectivity index (χ3n) is 4.95. The Hall–Kier alpha value is -4.40. The lowest BCUT2D eigenvalue weighted by Crippen LogP contribution is -2.26. The number of carbonyl (C=O) groups excluding carboxylic acids is 1. The summed E-state index contributed by atoms with van der Waals surface area (Å²) in [5.41, 5.74) is 2.65. The number of aryl methyl sites for hydroxylation is 1. The van der Waals surface area contributed by atoms with E-state index in [4.69, 9.17) is 14.0 Å². The van der Waals surface area contributed by atoms with E-state index in [0.29, 0.717) is 28.6 Å². The zero-order valence-corrected chi connectivity index (χ0v) is 18.4. The lowest BCUT2D eigenvalue weighted by Gasteiger charge is -2.11. The number of pyridine rings is 1. The van der Waals surface area contributed by atoms with E-state index >= 15 is 0 Å². The molecular formula is C24H22N4O5. The summed E-state index contributed by atoms with van der Waals surface area (Å²) < 4.78 is 17.1. The van der Waals surface area contributed by atoms with Gasteiger partial charge in [0.15, 0.2) is 11.5 Å². The minimum Gasteiger partial charge on any atom is -0.493 e. The minimum atomic E-state index is -0.382. The minimum absolute atomic E-state index is 0.194. The van der Waals surface area contributed by atoms with Gasteiger partial charge >= 0.3 is 0 Å². The molecule has 1 amide bonds. The van der Waals surface area contributed by atoms with E-state index in [0.717, 1.165) is 11.1 Å². The maximum atomic E-state index is 12.6. The van der Waals surface area contributed by atoms with Gasteiger partial charge in [0.1, 0.15) is 6.54 Å². The molecule has 0 spiro atoms. The van der Waals surface area contributed by atoms with Crippen LogP contribution in [0.15, 0.2) is 70.1 Å². The number of hydrogen-bond donors (Lipinski definition) is 1. The summed E-state index contributed by atoms with van der Waals surface area (Å²) in [6, 6.07) is 15.7. The van der Waals surface area contributed by atoms with Crippen molar-refractivity contribution < 1.29 is 18.8 Å². The van der Waals surface area contributed by atoms with Crippen LogP contribution in [0.3, 0.4) is 0 Å². The Labute approximate surface area is 189 Å². The first-order chi connectivity index (χ1) is 16.0. The molecule has 33 heavy (non-hydrogen) atoms. The zero-order valence-electron chi connectivity index (χ0n) is 18.4. The van der Waals surface area contributed by atoms with Gasteiger partial charge in [-0.25, -0.2) is 0 Å². The summed E-state index contributed by atoms with van der Waals surface area (Å²) in [7, 11) is 3.04. The van der Waals surface area contributed by atoms with E-state index in [-0.39, 0.29) is 23.9 Å². The molecule has 0 aliphatic carbocycles. The molecular weight excluding hydrogens is 424 g/mol. The van der Waals surface area contributed by atoms with E-state index in [9.17, 15) is 9.59 Å². The topological polar surface area (TPSA) is 108 Å². The van der Waals surface area contributed by atoms with Gasteiger partial charge in [-0.2, -0.15) is 4.98 Å². The van der Waals surface area contributed by atoms with Crippen LogP contribution in [0, 0.1) is 6.92 Å². The predicted octanol–water partition coefficient (Wildman–Crippen LogP) is 3.53. The van der Waals surface area contributed by atoms with Crippen molar-refractivity contribution in [2.24, 2.45) is 0 Å². The number of benzene rings is 2. The standard InChI is InChI=1S/C24H22N4O5/c1-15-4-6-16(7-5-15)23-26-24(33-27-23)17-8-11-22(30)28(13-17)14-21(29)25-18-9-10-19(31-2)20(12-18)32-3/h4-13H,14H2,1-3H3,(H,25,29). The van der Waals surface area contributed by atoms with Crippen LogP contribution in [0.1, 0.15) is 5.56 Å². The fourth-order valence-corrected chi connectivity index (χ4v) is 3.21. The molecule has 0 unspecified atom stereocenters. The average molecular weight is 446 g/mol. The van der Waals surface area contributed by atoms with Crippen molar-refractivity contribution in [3.63, 3.8) is 0 Å². The van der Waals surface area contributed by atoms with E-state index in [1.807, 2.05) is 31.2 Å². The van der Waals surface area contributed by atoms with Gasteiger partial charge in [-0.3, -0.25) is 9.59 Å². The van der Waals surface area contributed by atoms with Gasteiger partial charge in [0.25, 0.3) is 11.4 Å². The molecule has 0 fully saturated rings. The second-order valence-corrected chi connectivity index (χ2v) is 7.29. The Kier molecular flexibility index (Phi) is 6.21. The molecule has 0 saturated heterocycles. The number of ether oxygens (including phenoxy) is 2. The van der Waals surface area contributed by atoms with Gasteiger partial charge in [0, 0.05) is 29.6 Å². The van der Waals surface area contributed by atoms with Gasteiger partial charge in [-0.15, -0.1) is 0 Å². The highest BCUT2D eigenvalue weighted by molar-refractivity contribution is 5.91. The van der Waals surface area contributed by atoms with Gasteiger partial charge in [0.05, 0.1) is 19.8 Å². The lowest BCUT2D eigenvalue weighted by molar-refractivity contribution is -0.116. The molecule has 0 aliphatic heterocycles. The van der Waals surface area contributed by atoms with Crippen LogP contribution >= 0.6 is 0 Å². The average Bonchev–Trinajstić information content (AvgIpc) is 3.31. The maximum absolute atomic E-state index is 12.6. The second kappa shape index (κ2) is 9.39. The summed E-state index contributed by atoms with van der Waals surface area (Å²) in [6.45, 7) is 1.80. The Bertz CT molecular complexity index is 1340. The molecule has 0 radical (unpaired) electrons. The van der Waals surface area contributed by atoms with Crippen molar-refractivity contribution in [3.05, 3.63) is 76.7 Å². The van der Waals surface area contributed by atoms with Gasteiger partial charge in [0.2, 0.25) is 11.7 Å². The van der Waals surface area contributed by atoms with E-state index < -0.39 is 0 Å². The van der Waals surface area contributed by atoms with Crippen molar-refractivity contribution >= 4 is 11.6 Å². The summed E-state index contributed by atoms with van der Waals surface area (Å²) >= 11 is 0. The molecule has 1 N–H and O–H groups in total. The Balaban J connectivity index is 1.51. The van der Waals surface area contributed by atoms with Crippen LogP contribution in [-0.2, 0) is 11.3 Å². The summed E-state index contributed by atoms with van der Waals surface area (Å²) in [4.78, 5) is 29.3. The molecule has 4 rings (SSSR count). The maximum Gasteiger partial charge on any atom is 0.259 e. The second-order valence-electron chi connectivity index (χ2n) is 7.29. The normalized spacial score (nSPS) is 10.6. The van der Waals surface area contributed by atoms with Crippen LogP contribution in [0.25, 0.3) is 22.8 Å². The summed E-state index contributed by atoms with van der Waals surface area (Å²) in [5, 5.41) is 6.76. The van der Waals surface area contributed by atoms with Crippen molar-refractivity contribution in [1.29, 1.82) is 0 Å². The van der Waals surface area contributed by atoms with Gasteiger partial charge in [-0.05, 0) is 25.1 Å². The number of carbonyl (C=O) groups is 1. The molecule has 2 aromatic heterocycles. The molecule has 0 saturated carbocycles. The SMILES string of the molecule is COc1ccc(NC(=O)Cn2cc(-c3nc(-c4ccc(C)cc4)no3)ccc2=O)cc1OC. The van der Waals surface area contributed by atoms with Gasteiger partial charge in [-0.1, -0.05) is 35.0 Å². The fourth-order valence-electron chi connectivity index (χ4n) is 3.21. The first-order valence-corrected chi connectivity index (χ1v) is 10.1. The number of methoxy groups -OCH3 is 2. The number of hydrogen-bond acceptors (Lipinski definition) is 7. The van der Waals surface area contributed by atoms with Crippen LogP contribution in [0.4, 0.5) is 5.69 Å². The number of nitrogens with one attached hydrogen (secondary N) is 1. The van der Waals surface area contributed by atoms with E-state index in [1.54, 1.807) is 24.3 Å². The number of nitrogens with zero attached hydrogens (tertiary/aromatic N) is 3. The predicted molar refractivity (Wildman–Crippen MR) is 122 cm³/mol. The van der Waals surface area contributed by atoms with Gasteiger partial charge < -0.3 is 23.9 Å². The first-order valence-electron chi connectivity index (χ1n) is 10.1. The van der Waals surface area contributed by atoms with Crippen LogP contribution in [0.2, 0.25) is 0 Å². The number of amides is 1. The molecule has 0 atom stereocenters. The smallest absolute Gasteiger partial charge is 0.259 e. The number of rotatable bonds is 7. The molecule has 4 aromatic rings. The summed E-state index contributed by atoms with van der Waals surface area (Å²) in [6.07, 6.45) is 1.52. The Morgan fingerprint density at radius 3 is 2.45 bits per heavy atom. The van der Waals surface area contributed by atoms with Crippen LogP contribution < -0.4 is 20.3 Å². The highest BCUT2D eigenvalue weighted by Gasteiger charge is 2.14. The Morgan fingerprint density at radius 2 is 1.73 bits per heavy atom. The molecule has 168 valence electrons. The van der Waals surface area contributed by atoms with Crippen LogP contribution in [0.5, 0.6) is 11.5 Å². The van der Waals surface area contributed by atoms with Crippen molar-refractivity contribution in [3.8, 4) is 34.3 Å². The molecule has 0 bridgehead atoms. The van der Waals surface area contributed by atoms with Crippen LogP contribution in [-0.4, -0.2) is 34.8 Å². The quantitative estimate of drug-likeness (QED) is 0.463. The van der Waals surface area contributed by atoms with Crippen molar-refractivity contribution in [1.82, 2.24) is 14.7 Å². The van der Waals surface area contributed by atoms with Crippen molar-refractivity contribution in [2.45, 2.75) is 13.5 Å². The molecule has 9 nitrogen and oxygen atoms in total. The first kappa shape index (κ1) is 21.8. The highest BCUT2D eigenvalue weighted by atomic mass is 16.5. The Morgan fingerprint density at radius 1 is 1.00 bits per heavy atom. The monoisotopic (exact) mass is 446 g/mol. The third-order valence-corrected chi connectivity index (χ3v) is 4.95. The largest absolute Gasteiger partial charge is 0.493 e. The van der Waals surface area contributed by atoms with E-state index in [2.05, 4.69) is 15.5 Å². The number of anilines is 1. The van der Waals surface area contributed by atoms with Crippen molar-refractivity contribution in [2.75, 3.05) is 19.5 Å². The summed E-state index contributed by atoms with van der Waals surface area (Å²) in [5.74, 6) is 1.33. The van der Waals surface area contributed by atoms with E-state index in [1.165, 1.54) is 31.0 Å². The molecule has 9 heteroatoms. The molecule has 2 aromatic carbocycles. The zero-order chi connectivity index (χ0) is 23.4.